The topological polar surface area (TPSA) is 53.9 Å². The molecule has 144 valence electrons. The van der Waals surface area contributed by atoms with Crippen LogP contribution in [0.25, 0.3) is 0 Å². The maximum atomic E-state index is 13.6. The zero-order valence-electron chi connectivity index (χ0n) is 15.5. The number of hydrogen-bond acceptors (Lipinski definition) is 4. The van der Waals surface area contributed by atoms with Gasteiger partial charge in [-0.2, -0.15) is 0 Å². The summed E-state index contributed by atoms with van der Waals surface area (Å²) in [5, 5.41) is 3.31. The average Bonchev–Trinajstić information content (AvgIpc) is 2.66. The van der Waals surface area contributed by atoms with Gasteiger partial charge >= 0.3 is 5.97 Å². The molecule has 0 spiro atoms. The van der Waals surface area contributed by atoms with Crippen molar-refractivity contribution < 1.29 is 13.9 Å². The van der Waals surface area contributed by atoms with Gasteiger partial charge in [-0.15, -0.1) is 11.8 Å². The molecule has 1 aromatic carbocycles. The molecular weight excluding hydrogens is 353 g/mol. The highest BCUT2D eigenvalue weighted by Crippen LogP contribution is 2.21. The average molecular weight is 382 g/mol. The number of carbonyl (C=O) groups is 1. The molecule has 0 aliphatic carbocycles. The van der Waals surface area contributed by atoms with E-state index in [0.29, 0.717) is 18.0 Å². The maximum Gasteiger partial charge on any atom is 0.309 e. The fourth-order valence-electron chi connectivity index (χ4n) is 2.88. The van der Waals surface area contributed by atoms with Crippen molar-refractivity contribution in [3.63, 3.8) is 0 Å². The van der Waals surface area contributed by atoms with E-state index in [4.69, 9.17) is 4.74 Å². The number of piperidine rings is 1. The number of halogens is 1. The van der Waals surface area contributed by atoms with Crippen molar-refractivity contribution in [3.05, 3.63) is 30.1 Å². The number of nitrogens with one attached hydrogen (secondary N) is 1. The molecule has 26 heavy (non-hydrogen) atoms. The van der Waals surface area contributed by atoms with Gasteiger partial charge in [0.15, 0.2) is 5.96 Å². The Kier molecular flexibility index (Phi) is 8.74. The van der Waals surface area contributed by atoms with Gasteiger partial charge in [-0.05, 0) is 38.8 Å². The minimum absolute atomic E-state index is 0.00862. The van der Waals surface area contributed by atoms with Gasteiger partial charge in [0.25, 0.3) is 0 Å². The summed E-state index contributed by atoms with van der Waals surface area (Å²) in [5.41, 5.74) is 0. The molecule has 1 saturated heterocycles. The second-order valence-electron chi connectivity index (χ2n) is 6.03. The standard InChI is InChI=1S/C19H28FN3O2S/c1-3-21-19(22-11-14-26-17-8-6-5-7-16(17)20)23-12-9-15(10-13-23)18(24)25-4-2/h5-8,15H,3-4,9-14H2,1-2H3,(H,21,22). The molecule has 1 aliphatic heterocycles. The molecular formula is C19H28FN3O2S. The van der Waals surface area contributed by atoms with E-state index in [1.807, 2.05) is 19.9 Å². The second kappa shape index (κ2) is 11.1. The summed E-state index contributed by atoms with van der Waals surface area (Å²) in [6.45, 7) is 7.28. The van der Waals surface area contributed by atoms with Crippen LogP contribution in [0.2, 0.25) is 0 Å². The summed E-state index contributed by atoms with van der Waals surface area (Å²) in [4.78, 5) is 19.4. The molecule has 1 aliphatic rings. The Morgan fingerprint density at radius 1 is 1.35 bits per heavy atom. The van der Waals surface area contributed by atoms with Crippen LogP contribution in [0.15, 0.2) is 34.2 Å². The summed E-state index contributed by atoms with van der Waals surface area (Å²) in [7, 11) is 0. The summed E-state index contributed by atoms with van der Waals surface area (Å²) < 4.78 is 18.7. The van der Waals surface area contributed by atoms with Gasteiger partial charge in [0.05, 0.1) is 19.1 Å². The van der Waals surface area contributed by atoms with E-state index in [1.54, 1.807) is 12.1 Å². The van der Waals surface area contributed by atoms with E-state index in [9.17, 15) is 9.18 Å². The van der Waals surface area contributed by atoms with Crippen molar-refractivity contribution in [2.45, 2.75) is 31.6 Å². The Morgan fingerprint density at radius 3 is 2.73 bits per heavy atom. The lowest BCUT2D eigenvalue weighted by Gasteiger charge is -2.33. The Morgan fingerprint density at radius 2 is 2.08 bits per heavy atom. The number of nitrogens with zero attached hydrogens (tertiary/aromatic N) is 2. The first-order chi connectivity index (χ1) is 12.7. The fraction of sp³-hybridized carbons (Fsp3) is 0.579. The van der Waals surface area contributed by atoms with E-state index in [1.165, 1.54) is 17.8 Å². The van der Waals surface area contributed by atoms with Crippen LogP contribution in [0, 0.1) is 11.7 Å². The lowest BCUT2D eigenvalue weighted by atomic mass is 9.97. The summed E-state index contributed by atoms with van der Waals surface area (Å²) in [6.07, 6.45) is 1.57. The van der Waals surface area contributed by atoms with Crippen LogP contribution < -0.4 is 5.32 Å². The molecule has 0 unspecified atom stereocenters. The molecule has 0 atom stereocenters. The number of carbonyl (C=O) groups excluding carboxylic acids is 1. The van der Waals surface area contributed by atoms with E-state index < -0.39 is 0 Å². The monoisotopic (exact) mass is 381 g/mol. The lowest BCUT2D eigenvalue weighted by molar-refractivity contribution is -0.149. The number of likely N-dealkylation sites (tertiary alicyclic amines) is 1. The quantitative estimate of drug-likeness (QED) is 0.259. The van der Waals surface area contributed by atoms with E-state index in [-0.39, 0.29) is 17.7 Å². The number of thioether (sulfide) groups is 1. The molecule has 2 rings (SSSR count). The van der Waals surface area contributed by atoms with Crippen molar-refractivity contribution in [2.24, 2.45) is 10.9 Å². The first kappa shape index (κ1) is 20.6. The molecule has 1 N–H and O–H groups in total. The van der Waals surface area contributed by atoms with Crippen LogP contribution in [-0.2, 0) is 9.53 Å². The SMILES string of the molecule is CCNC(=NCCSc1ccccc1F)N1CCC(C(=O)OCC)CC1. The summed E-state index contributed by atoms with van der Waals surface area (Å²) in [5.74, 6) is 1.30. The maximum absolute atomic E-state index is 13.6. The third kappa shape index (κ3) is 6.20. The molecule has 1 heterocycles. The largest absolute Gasteiger partial charge is 0.466 e. The van der Waals surface area contributed by atoms with Gasteiger partial charge in [0.2, 0.25) is 0 Å². The normalized spacial score (nSPS) is 15.8. The van der Waals surface area contributed by atoms with Crippen LogP contribution in [0.3, 0.4) is 0 Å². The predicted octanol–water partition coefficient (Wildman–Crippen LogP) is 3.16. The van der Waals surface area contributed by atoms with Gasteiger partial charge in [0.1, 0.15) is 5.82 Å². The molecule has 7 heteroatoms. The molecule has 0 amide bonds. The van der Waals surface area contributed by atoms with Crippen LogP contribution >= 0.6 is 11.8 Å². The smallest absolute Gasteiger partial charge is 0.309 e. The number of rotatable bonds is 7. The van der Waals surface area contributed by atoms with Crippen molar-refractivity contribution in [1.29, 1.82) is 0 Å². The number of ether oxygens (including phenoxy) is 1. The second-order valence-corrected chi connectivity index (χ2v) is 7.16. The van der Waals surface area contributed by atoms with Crippen LogP contribution in [0.4, 0.5) is 4.39 Å². The van der Waals surface area contributed by atoms with Gasteiger partial charge in [-0.3, -0.25) is 9.79 Å². The van der Waals surface area contributed by atoms with Crippen LogP contribution in [0.1, 0.15) is 26.7 Å². The van der Waals surface area contributed by atoms with Crippen molar-refractivity contribution >= 4 is 23.7 Å². The summed E-state index contributed by atoms with van der Waals surface area (Å²) >= 11 is 1.47. The first-order valence-electron chi connectivity index (χ1n) is 9.22. The van der Waals surface area contributed by atoms with Gasteiger partial charge < -0.3 is 15.0 Å². The molecule has 0 saturated carbocycles. The lowest BCUT2D eigenvalue weighted by Crippen LogP contribution is -2.46. The van der Waals surface area contributed by atoms with Gasteiger partial charge in [-0.25, -0.2) is 4.39 Å². The third-order valence-corrected chi connectivity index (χ3v) is 5.23. The predicted molar refractivity (Wildman–Crippen MR) is 104 cm³/mol. The molecule has 0 aromatic heterocycles. The molecule has 0 bridgehead atoms. The molecule has 5 nitrogen and oxygen atoms in total. The highest BCUT2D eigenvalue weighted by molar-refractivity contribution is 7.99. The van der Waals surface area contributed by atoms with Crippen LogP contribution in [-0.4, -0.2) is 55.4 Å². The minimum Gasteiger partial charge on any atom is -0.466 e. The van der Waals surface area contributed by atoms with Crippen molar-refractivity contribution in [1.82, 2.24) is 10.2 Å². The number of aliphatic imine (C=N–C) groups is 1. The number of esters is 1. The van der Waals surface area contributed by atoms with E-state index >= 15 is 0 Å². The zero-order chi connectivity index (χ0) is 18.8. The number of hydrogen-bond donors (Lipinski definition) is 1. The van der Waals surface area contributed by atoms with E-state index in [0.717, 1.165) is 44.2 Å². The fourth-order valence-corrected chi connectivity index (χ4v) is 3.67. The number of benzene rings is 1. The third-order valence-electron chi connectivity index (χ3n) is 4.20. The Labute approximate surface area is 159 Å². The first-order valence-corrected chi connectivity index (χ1v) is 10.2. The molecule has 0 radical (unpaired) electrons. The number of guanidine groups is 1. The van der Waals surface area contributed by atoms with Gasteiger partial charge in [0, 0.05) is 30.3 Å². The molecule has 1 fully saturated rings. The highest BCUT2D eigenvalue weighted by atomic mass is 32.2. The van der Waals surface area contributed by atoms with Crippen molar-refractivity contribution in [2.75, 3.05) is 38.5 Å². The zero-order valence-corrected chi connectivity index (χ0v) is 16.4. The van der Waals surface area contributed by atoms with Gasteiger partial charge in [-0.1, -0.05) is 12.1 Å². The molecule has 1 aromatic rings. The van der Waals surface area contributed by atoms with Crippen LogP contribution in [0.5, 0.6) is 0 Å². The summed E-state index contributed by atoms with van der Waals surface area (Å²) in [6, 6.07) is 6.80. The Hall–Kier alpha value is -1.76. The Balaban J connectivity index is 1.83. The van der Waals surface area contributed by atoms with E-state index in [2.05, 4.69) is 15.2 Å². The Bertz CT molecular complexity index is 604. The highest BCUT2D eigenvalue weighted by Gasteiger charge is 2.27. The van der Waals surface area contributed by atoms with Crippen molar-refractivity contribution in [3.8, 4) is 0 Å². The minimum atomic E-state index is -0.186.